The summed E-state index contributed by atoms with van der Waals surface area (Å²) in [5, 5.41) is 20.7. The van der Waals surface area contributed by atoms with Gasteiger partial charge in [0.05, 0.1) is 26.4 Å². The zero-order valence-electron chi connectivity index (χ0n) is 71.5. The number of hydrogen-bond acceptors (Lipinski definition) is 14. The molecule has 5 atom stereocenters. The molecule has 113 heavy (non-hydrogen) atoms. The highest BCUT2D eigenvalue weighted by Crippen LogP contribution is 2.45. The van der Waals surface area contributed by atoms with Gasteiger partial charge in [-0.3, -0.25) is 32.5 Å². The van der Waals surface area contributed by atoms with Gasteiger partial charge in [0.15, 0.2) is 6.10 Å². The summed E-state index contributed by atoms with van der Waals surface area (Å²) in [6, 6.07) is 0. The van der Waals surface area contributed by atoms with E-state index < -0.39 is 91.5 Å². The van der Waals surface area contributed by atoms with Gasteiger partial charge in [-0.2, -0.15) is 0 Å². The summed E-state index contributed by atoms with van der Waals surface area (Å²) in [5.74, 6) is -1.58. The fraction of sp³-hybridized carbons (Fsp3) is 0.716. The lowest BCUT2D eigenvalue weighted by Gasteiger charge is -2.21. The molecule has 0 aliphatic heterocycles. The van der Waals surface area contributed by atoms with Gasteiger partial charge in [-0.25, -0.2) is 9.13 Å². The molecule has 0 heterocycles. The second-order valence-electron chi connectivity index (χ2n) is 30.0. The fourth-order valence-corrected chi connectivity index (χ4v) is 13.8. The number of ether oxygens (including phenoxy) is 3. The molecule has 0 radical (unpaired) electrons. The van der Waals surface area contributed by atoms with Gasteiger partial charge in [-0.05, 0) is 135 Å². The maximum Gasteiger partial charge on any atom is 0.472 e. The van der Waals surface area contributed by atoms with Crippen LogP contribution in [0, 0.1) is 0 Å². The Balaban J connectivity index is 4.38. The van der Waals surface area contributed by atoms with Crippen molar-refractivity contribution in [2.24, 2.45) is 0 Å². The lowest BCUT2D eigenvalue weighted by molar-refractivity contribution is -0.161. The molecule has 16 nitrogen and oxygen atoms in total. The van der Waals surface area contributed by atoms with Crippen LogP contribution in [0.3, 0.4) is 0 Å². The van der Waals surface area contributed by atoms with Crippen LogP contribution in [0.25, 0.3) is 0 Å². The van der Waals surface area contributed by atoms with E-state index in [2.05, 4.69) is 167 Å². The van der Waals surface area contributed by atoms with E-state index in [0.717, 1.165) is 167 Å². The Morgan fingerprint density at radius 1 is 0.257 bits per heavy atom. The largest absolute Gasteiger partial charge is 0.472 e. The number of aliphatic hydroxyl groups excluding tert-OH is 2. The van der Waals surface area contributed by atoms with Gasteiger partial charge in [-0.1, -0.05) is 372 Å². The van der Waals surface area contributed by atoms with Gasteiger partial charge in [0, 0.05) is 19.3 Å². The first-order valence-electron chi connectivity index (χ1n) is 45.1. The van der Waals surface area contributed by atoms with Crippen molar-refractivity contribution in [1.82, 2.24) is 0 Å². The van der Waals surface area contributed by atoms with Gasteiger partial charge in [-0.15, -0.1) is 0 Å². The third kappa shape index (κ3) is 88.1. The number of aliphatic hydroxyl groups is 2. The van der Waals surface area contributed by atoms with E-state index in [1.165, 1.54) is 154 Å². The lowest BCUT2D eigenvalue weighted by Crippen LogP contribution is -2.30. The van der Waals surface area contributed by atoms with Crippen LogP contribution >= 0.6 is 15.6 Å². The molecule has 0 rings (SSSR count). The highest BCUT2D eigenvalue weighted by Gasteiger charge is 2.29. The Morgan fingerprint density at radius 2 is 0.469 bits per heavy atom. The minimum atomic E-state index is -4.94. The highest BCUT2D eigenvalue weighted by atomic mass is 31.2. The molecule has 0 saturated carbocycles. The molecule has 0 amide bonds. The zero-order valence-corrected chi connectivity index (χ0v) is 73.3. The zero-order chi connectivity index (χ0) is 82.2. The number of phosphoric ester groups is 2. The van der Waals surface area contributed by atoms with Crippen LogP contribution in [-0.4, -0.2) is 95.9 Å². The second-order valence-corrected chi connectivity index (χ2v) is 32.9. The monoisotopic (exact) mass is 1620 g/mol. The summed E-state index contributed by atoms with van der Waals surface area (Å²) < 4.78 is 61.3. The van der Waals surface area contributed by atoms with Gasteiger partial charge in [0.25, 0.3) is 0 Å². The Bertz CT molecular complexity index is 2630. The highest BCUT2D eigenvalue weighted by molar-refractivity contribution is 7.47. The van der Waals surface area contributed by atoms with Crippen molar-refractivity contribution < 1.29 is 75.8 Å². The van der Waals surface area contributed by atoms with Crippen LogP contribution in [0.4, 0.5) is 0 Å². The van der Waals surface area contributed by atoms with Crippen LogP contribution < -0.4 is 0 Å². The minimum Gasteiger partial charge on any atom is -0.463 e. The molecule has 0 bridgehead atoms. The molecule has 5 unspecified atom stereocenters. The second kappa shape index (κ2) is 86.8. The summed E-state index contributed by atoms with van der Waals surface area (Å²) >= 11 is 0. The van der Waals surface area contributed by atoms with E-state index in [0.29, 0.717) is 19.3 Å². The Labute approximate surface area is 689 Å². The van der Waals surface area contributed by atoms with Crippen LogP contribution in [-0.2, 0) is 55.8 Å². The molecule has 650 valence electrons. The van der Waals surface area contributed by atoms with Crippen molar-refractivity contribution >= 4 is 33.6 Å². The molecule has 0 fully saturated rings. The van der Waals surface area contributed by atoms with E-state index in [1.807, 2.05) is 0 Å². The van der Waals surface area contributed by atoms with Crippen molar-refractivity contribution in [3.63, 3.8) is 0 Å². The maximum atomic E-state index is 13.0. The molecule has 0 spiro atoms. The van der Waals surface area contributed by atoms with E-state index in [-0.39, 0.29) is 19.3 Å². The van der Waals surface area contributed by atoms with Gasteiger partial charge in [0.1, 0.15) is 25.4 Å². The number of unbranched alkanes of at least 4 members (excludes halogenated alkanes) is 38. The molecule has 4 N–H and O–H groups in total. The van der Waals surface area contributed by atoms with Gasteiger partial charge >= 0.3 is 33.6 Å². The van der Waals surface area contributed by atoms with Crippen LogP contribution in [0.15, 0.2) is 146 Å². The maximum absolute atomic E-state index is 13.0. The summed E-state index contributed by atoms with van der Waals surface area (Å²) in [7, 11) is -9.80. The molecule has 18 heteroatoms. The molecule has 0 saturated heterocycles. The number of esters is 3. The standard InChI is InChI=1S/C95H164O16P2/c1-4-7-10-13-16-19-22-25-27-29-31-33-35-37-39-41-42-43-44-45-46-48-50-51-53-55-57-59-61-64-66-69-72-75-78-81-93(98)105-84-90(96)85-107-112(101,102)108-86-91(97)87-109-113(103,104)110-89-92(111-95(100)83-80-77-74-71-68-63-24-21-18-15-12-9-6-3)88-106-94(99)82-79-76-73-70-67-65-62-60-58-56-54-52-49-47-40-38-36-34-32-30-28-26-23-20-17-14-11-8-5-2/h7-8,10-12,15-17,19-21,24-28,31-34,37-40,90-92,96-97H,4-6,9,13-14,18,22-23,29-30,35-36,41-89H2,1-3H3,(H,101,102)(H,103,104)/b10-7-,11-8-,15-12-,19-16-,20-17-,24-21-,27-25-,28-26-,33-31-,34-32-,39-37-,40-38-. The number of carbonyl (C=O) groups excluding carboxylic acids is 3. The molecule has 0 aliphatic carbocycles. The molecular formula is C95H164O16P2. The molecule has 0 aromatic rings. The first kappa shape index (κ1) is 108. The summed E-state index contributed by atoms with van der Waals surface area (Å²) in [5.41, 5.74) is 0. The van der Waals surface area contributed by atoms with E-state index in [1.54, 1.807) is 0 Å². The van der Waals surface area contributed by atoms with Crippen LogP contribution in [0.5, 0.6) is 0 Å². The fourth-order valence-electron chi connectivity index (χ4n) is 12.3. The van der Waals surface area contributed by atoms with Crippen LogP contribution in [0.1, 0.15) is 380 Å². The topological polar surface area (TPSA) is 231 Å². The first-order valence-corrected chi connectivity index (χ1v) is 48.1. The molecule has 0 aromatic carbocycles. The van der Waals surface area contributed by atoms with E-state index >= 15 is 0 Å². The molecular weight excluding hydrogens is 1460 g/mol. The summed E-state index contributed by atoms with van der Waals surface area (Å²) in [4.78, 5) is 58.8. The third-order valence-corrected chi connectivity index (χ3v) is 20.9. The average Bonchev–Trinajstić information content (AvgIpc) is 0.903. The van der Waals surface area contributed by atoms with Crippen molar-refractivity contribution in [2.45, 2.75) is 399 Å². The Hall–Kier alpha value is -4.57. The van der Waals surface area contributed by atoms with Gasteiger partial charge < -0.3 is 34.2 Å². The van der Waals surface area contributed by atoms with Crippen molar-refractivity contribution in [2.75, 3.05) is 39.6 Å². The predicted molar refractivity (Wildman–Crippen MR) is 473 cm³/mol. The Kier molecular flexibility index (Phi) is 83.3. The smallest absolute Gasteiger partial charge is 0.463 e. The minimum absolute atomic E-state index is 0.0871. The number of phosphoric acid groups is 2. The number of hydrogen-bond donors (Lipinski definition) is 4. The Morgan fingerprint density at radius 3 is 0.743 bits per heavy atom. The van der Waals surface area contributed by atoms with Crippen molar-refractivity contribution in [3.8, 4) is 0 Å². The first-order chi connectivity index (χ1) is 55.2. The van der Waals surface area contributed by atoms with E-state index in [4.69, 9.17) is 32.3 Å². The molecule has 0 aromatic heterocycles. The third-order valence-electron chi connectivity index (χ3n) is 19.0. The average molecular weight is 1620 g/mol. The van der Waals surface area contributed by atoms with Crippen LogP contribution in [0.2, 0.25) is 0 Å². The van der Waals surface area contributed by atoms with Gasteiger partial charge in [0.2, 0.25) is 0 Å². The summed E-state index contributed by atoms with van der Waals surface area (Å²) in [6.07, 6.45) is 109. The predicted octanol–water partition coefficient (Wildman–Crippen LogP) is 27.6. The van der Waals surface area contributed by atoms with E-state index in [9.17, 15) is 43.5 Å². The normalized spacial score (nSPS) is 14.5. The van der Waals surface area contributed by atoms with Crippen molar-refractivity contribution in [3.05, 3.63) is 146 Å². The number of allylic oxidation sites excluding steroid dienone is 24. The van der Waals surface area contributed by atoms with Crippen molar-refractivity contribution in [1.29, 1.82) is 0 Å². The summed E-state index contributed by atoms with van der Waals surface area (Å²) in [6.45, 7) is 2.41. The number of rotatable bonds is 85. The SMILES string of the molecule is CC/C=C\C/C=C\C/C=C\C/C=C\C/C=C\CCCCCCCCCCCCCCCCCCCCCC(=O)OCC(O)COP(=O)(O)OCC(O)COP(=O)(O)OCC(COC(=O)CCCCCCCCCCCCCCC/C=C\C/C=C\C/C=C\C/C=C\C/C=C\CC)OC(=O)CCCCCCC/C=C\C/C=C\CCC. The quantitative estimate of drug-likeness (QED) is 0.0146. The molecule has 0 aliphatic rings. The lowest BCUT2D eigenvalue weighted by atomic mass is 10.0. The number of carbonyl (C=O) groups is 3.